The number of aryl methyl sites for hydroxylation is 1. The predicted molar refractivity (Wildman–Crippen MR) is 110 cm³/mol. The van der Waals surface area contributed by atoms with Gasteiger partial charge >= 0.3 is 0 Å². The summed E-state index contributed by atoms with van der Waals surface area (Å²) in [4.78, 5) is 13.0. The average Bonchev–Trinajstić information content (AvgIpc) is 3.39. The quantitative estimate of drug-likeness (QED) is 0.627. The number of hydrogen-bond donors (Lipinski definition) is 1. The molecule has 0 spiro atoms. The normalized spacial score (nSPS) is 15.7. The van der Waals surface area contributed by atoms with E-state index in [0.29, 0.717) is 5.16 Å². The maximum absolute atomic E-state index is 13.0. The summed E-state index contributed by atoms with van der Waals surface area (Å²) in [6.45, 7) is 0. The summed E-state index contributed by atoms with van der Waals surface area (Å²) in [5.41, 5.74) is 6.17. The van der Waals surface area contributed by atoms with Crippen molar-refractivity contribution in [2.24, 2.45) is 7.05 Å². The Balaban J connectivity index is 1.58. The van der Waals surface area contributed by atoms with Crippen LogP contribution in [-0.4, -0.2) is 44.0 Å². The van der Waals surface area contributed by atoms with Crippen LogP contribution in [0, 0.1) is 0 Å². The van der Waals surface area contributed by atoms with Crippen molar-refractivity contribution in [3.63, 3.8) is 0 Å². The summed E-state index contributed by atoms with van der Waals surface area (Å²) < 4.78 is 6.80. The molecule has 0 unspecified atom stereocenters. The molecule has 0 fully saturated rings. The molecule has 1 aliphatic heterocycles. The number of hydrazine groups is 1. The third-order valence-corrected chi connectivity index (χ3v) is 5.56. The fourth-order valence-corrected chi connectivity index (χ4v) is 3.76. The van der Waals surface area contributed by atoms with E-state index in [2.05, 4.69) is 27.0 Å². The molecule has 1 aromatic heterocycles. The number of carbonyl (C=O) groups excluding carboxylic acids is 1. The number of carbonyl (C=O) groups is 1. The predicted octanol–water partition coefficient (Wildman–Crippen LogP) is 2.44. The number of nitrogens with zero attached hydrogens (tertiary/aromatic N) is 5. The van der Waals surface area contributed by atoms with Crippen molar-refractivity contribution in [3.8, 4) is 5.75 Å². The van der Waals surface area contributed by atoms with Crippen LogP contribution in [0.1, 0.15) is 17.2 Å². The third kappa shape index (κ3) is 4.09. The minimum atomic E-state index is -0.234. The Morgan fingerprint density at radius 1 is 1.17 bits per heavy atom. The van der Waals surface area contributed by atoms with Crippen molar-refractivity contribution in [2.45, 2.75) is 11.2 Å². The molecule has 1 N–H and O–H groups in total. The van der Waals surface area contributed by atoms with Gasteiger partial charge in [-0.25, -0.2) is 9.69 Å². The van der Waals surface area contributed by atoms with E-state index in [1.54, 1.807) is 23.8 Å². The molecule has 8 nitrogen and oxygen atoms in total. The second-order valence-electron chi connectivity index (χ2n) is 6.41. The molecule has 0 radical (unpaired) electrons. The van der Waals surface area contributed by atoms with E-state index in [0.717, 1.165) is 22.6 Å². The van der Waals surface area contributed by atoms with E-state index in [4.69, 9.17) is 4.74 Å². The average molecular weight is 408 g/mol. The molecule has 2 aromatic carbocycles. The summed E-state index contributed by atoms with van der Waals surface area (Å²) in [7, 11) is 3.38. The first kappa shape index (κ1) is 19.0. The maximum atomic E-state index is 13.0. The number of rotatable bonds is 6. The molecule has 9 heteroatoms. The largest absolute Gasteiger partial charge is 0.497 e. The van der Waals surface area contributed by atoms with E-state index in [9.17, 15) is 4.79 Å². The molecule has 0 saturated carbocycles. The van der Waals surface area contributed by atoms with Crippen LogP contribution in [0.25, 0.3) is 5.70 Å². The van der Waals surface area contributed by atoms with Gasteiger partial charge in [0.15, 0.2) is 0 Å². The summed E-state index contributed by atoms with van der Waals surface area (Å²) in [5.74, 6) is 0.917. The molecular weight excluding hydrogens is 388 g/mol. The first-order chi connectivity index (χ1) is 14.2. The lowest BCUT2D eigenvalue weighted by Crippen LogP contribution is -2.40. The number of amides is 1. The van der Waals surface area contributed by atoms with Gasteiger partial charge in [0.2, 0.25) is 5.16 Å². The van der Waals surface area contributed by atoms with Gasteiger partial charge in [-0.15, -0.1) is 5.10 Å². The molecule has 29 heavy (non-hydrogen) atoms. The highest BCUT2D eigenvalue weighted by molar-refractivity contribution is 7.99. The fourth-order valence-electron chi connectivity index (χ4n) is 3.05. The van der Waals surface area contributed by atoms with Crippen LogP contribution in [0.3, 0.4) is 0 Å². The molecule has 0 saturated heterocycles. The lowest BCUT2D eigenvalue weighted by molar-refractivity contribution is -0.131. The van der Waals surface area contributed by atoms with Gasteiger partial charge in [0, 0.05) is 7.05 Å². The number of aromatic nitrogens is 4. The molecule has 0 aliphatic carbocycles. The van der Waals surface area contributed by atoms with Crippen LogP contribution >= 0.6 is 11.8 Å². The molecule has 0 bridgehead atoms. The van der Waals surface area contributed by atoms with Gasteiger partial charge in [0.25, 0.3) is 5.91 Å². The molecule has 1 aliphatic rings. The van der Waals surface area contributed by atoms with E-state index in [1.807, 2.05) is 54.6 Å². The molecular formula is C20H20N6O2S. The van der Waals surface area contributed by atoms with Crippen molar-refractivity contribution < 1.29 is 9.53 Å². The lowest BCUT2D eigenvalue weighted by Gasteiger charge is -2.25. The fraction of sp³-hybridized carbons (Fsp3) is 0.200. The molecule has 1 atom stereocenters. The van der Waals surface area contributed by atoms with E-state index in [1.165, 1.54) is 11.8 Å². The van der Waals surface area contributed by atoms with E-state index >= 15 is 0 Å². The second kappa shape index (κ2) is 8.36. The SMILES string of the molecule is COc1ccc([C@H]2C=C(c3ccccc3)NN2C(=O)CSc2nnnn2C)cc1. The monoisotopic (exact) mass is 408 g/mol. The van der Waals surface area contributed by atoms with Crippen LogP contribution in [-0.2, 0) is 11.8 Å². The Kier molecular flexibility index (Phi) is 5.48. The molecule has 4 rings (SSSR count). The Bertz CT molecular complexity index is 1020. The van der Waals surface area contributed by atoms with Crippen molar-refractivity contribution >= 4 is 23.4 Å². The van der Waals surface area contributed by atoms with E-state index < -0.39 is 0 Å². The minimum Gasteiger partial charge on any atom is -0.497 e. The van der Waals surface area contributed by atoms with Gasteiger partial charge in [-0.05, 0) is 39.8 Å². The second-order valence-corrected chi connectivity index (χ2v) is 7.36. The van der Waals surface area contributed by atoms with Crippen molar-refractivity contribution in [3.05, 3.63) is 71.8 Å². The van der Waals surface area contributed by atoms with Crippen molar-refractivity contribution in [2.75, 3.05) is 12.9 Å². The lowest BCUT2D eigenvalue weighted by atomic mass is 10.0. The van der Waals surface area contributed by atoms with Crippen LogP contribution in [0.4, 0.5) is 0 Å². The Morgan fingerprint density at radius 3 is 2.59 bits per heavy atom. The standard InChI is InChI=1S/C20H20N6O2S/c1-25-20(21-23-24-25)29-13-19(27)26-18(15-8-10-16(28-2)11-9-15)12-17(22-26)14-6-4-3-5-7-14/h3-12,18,22H,13H2,1-2H3/t18-/m1/s1. The Morgan fingerprint density at radius 2 is 1.93 bits per heavy atom. The highest BCUT2D eigenvalue weighted by atomic mass is 32.2. The van der Waals surface area contributed by atoms with Crippen molar-refractivity contribution in [1.29, 1.82) is 0 Å². The van der Waals surface area contributed by atoms with Crippen LogP contribution in [0.5, 0.6) is 5.75 Å². The first-order valence-electron chi connectivity index (χ1n) is 9.01. The topological polar surface area (TPSA) is 85.2 Å². The maximum Gasteiger partial charge on any atom is 0.252 e. The number of methoxy groups -OCH3 is 1. The number of ether oxygens (including phenoxy) is 1. The van der Waals surface area contributed by atoms with Crippen molar-refractivity contribution in [1.82, 2.24) is 30.6 Å². The van der Waals surface area contributed by atoms with Gasteiger partial charge in [0.05, 0.1) is 24.6 Å². The smallest absolute Gasteiger partial charge is 0.252 e. The zero-order valence-corrected chi connectivity index (χ0v) is 16.8. The first-order valence-corrected chi connectivity index (χ1v) is 9.99. The molecule has 3 aromatic rings. The summed E-state index contributed by atoms with van der Waals surface area (Å²) in [6.07, 6.45) is 2.06. The summed E-state index contributed by atoms with van der Waals surface area (Å²) in [6, 6.07) is 17.4. The van der Waals surface area contributed by atoms with Crippen LogP contribution in [0.15, 0.2) is 65.8 Å². The zero-order chi connectivity index (χ0) is 20.2. The Labute approximate surface area is 172 Å². The molecule has 1 amide bonds. The van der Waals surface area contributed by atoms with Gasteiger partial charge < -0.3 is 4.74 Å². The number of hydrogen-bond acceptors (Lipinski definition) is 7. The number of thioether (sulfide) groups is 1. The van der Waals surface area contributed by atoms with Crippen LogP contribution < -0.4 is 10.2 Å². The zero-order valence-electron chi connectivity index (χ0n) is 16.0. The van der Waals surface area contributed by atoms with Crippen LogP contribution in [0.2, 0.25) is 0 Å². The summed E-state index contributed by atoms with van der Waals surface area (Å²) in [5, 5.41) is 13.6. The summed E-state index contributed by atoms with van der Waals surface area (Å²) >= 11 is 1.30. The third-order valence-electron chi connectivity index (χ3n) is 4.56. The van der Waals surface area contributed by atoms with Gasteiger partial charge in [-0.3, -0.25) is 10.2 Å². The van der Waals surface area contributed by atoms with Gasteiger partial charge in [0.1, 0.15) is 5.75 Å². The van der Waals surface area contributed by atoms with Gasteiger partial charge in [-0.2, -0.15) is 0 Å². The number of tetrazole rings is 1. The molecule has 2 heterocycles. The Hall–Kier alpha value is -3.33. The van der Waals surface area contributed by atoms with E-state index in [-0.39, 0.29) is 17.7 Å². The van der Waals surface area contributed by atoms with Gasteiger partial charge in [-0.1, -0.05) is 54.2 Å². The number of benzene rings is 2. The molecule has 148 valence electrons. The highest BCUT2D eigenvalue weighted by Crippen LogP contribution is 2.32. The highest BCUT2D eigenvalue weighted by Gasteiger charge is 2.31. The number of nitrogens with one attached hydrogen (secondary N) is 1. The minimum absolute atomic E-state index is 0.0685.